The molecule has 0 saturated carbocycles. The average molecular weight is 369 g/mol. The molecule has 3 nitrogen and oxygen atoms in total. The molecule has 0 heterocycles. The number of hydrogen-bond acceptors (Lipinski definition) is 3. The molecule has 3 rings (SSSR count). The van der Waals surface area contributed by atoms with E-state index in [4.69, 9.17) is 11.6 Å². The molecule has 0 saturated heterocycles. The zero-order valence-corrected chi connectivity index (χ0v) is 15.2. The fraction of sp³-hybridized carbons (Fsp3) is 0.0500. The van der Waals surface area contributed by atoms with Gasteiger partial charge in [-0.2, -0.15) is 0 Å². The van der Waals surface area contributed by atoms with E-state index in [0.717, 1.165) is 16.3 Å². The van der Waals surface area contributed by atoms with Crippen LogP contribution in [-0.2, 0) is 0 Å². The van der Waals surface area contributed by atoms with Crippen LogP contribution in [0.5, 0.6) is 0 Å². The summed E-state index contributed by atoms with van der Waals surface area (Å²) in [4.78, 5) is 13.5. The molecule has 0 spiro atoms. The third-order valence-electron chi connectivity index (χ3n) is 3.62. The zero-order chi connectivity index (χ0) is 17.6. The topological polar surface area (TPSA) is 41.1 Å². The molecule has 0 fully saturated rings. The summed E-state index contributed by atoms with van der Waals surface area (Å²) in [6, 6.07) is 22.9. The van der Waals surface area contributed by atoms with E-state index >= 15 is 0 Å². The second kappa shape index (κ2) is 8.10. The molecule has 126 valence electrons. The summed E-state index contributed by atoms with van der Waals surface area (Å²) in [5.74, 6) is -0.218. The maximum atomic E-state index is 12.5. The number of thioether (sulfide) groups is 1. The number of para-hydroxylation sites is 1. The molecule has 0 atom stereocenters. The quantitative estimate of drug-likeness (QED) is 0.538. The Labute approximate surface area is 156 Å². The van der Waals surface area contributed by atoms with Crippen LogP contribution in [0, 0.1) is 0 Å². The number of benzene rings is 3. The van der Waals surface area contributed by atoms with Crippen LogP contribution < -0.4 is 10.6 Å². The van der Waals surface area contributed by atoms with E-state index in [1.54, 1.807) is 23.9 Å². The van der Waals surface area contributed by atoms with Crippen LogP contribution in [0.4, 0.5) is 17.1 Å². The van der Waals surface area contributed by atoms with Crippen molar-refractivity contribution in [1.82, 2.24) is 0 Å². The summed E-state index contributed by atoms with van der Waals surface area (Å²) in [7, 11) is 0. The number of rotatable bonds is 5. The fourth-order valence-corrected chi connectivity index (χ4v) is 2.97. The highest BCUT2D eigenvalue weighted by Gasteiger charge is 2.11. The molecule has 0 radical (unpaired) electrons. The zero-order valence-electron chi connectivity index (χ0n) is 13.6. The minimum Gasteiger partial charge on any atom is -0.356 e. The molecule has 2 N–H and O–H groups in total. The fourth-order valence-electron chi connectivity index (χ4n) is 2.33. The van der Waals surface area contributed by atoms with Gasteiger partial charge in [-0.1, -0.05) is 29.8 Å². The van der Waals surface area contributed by atoms with Gasteiger partial charge in [-0.15, -0.1) is 11.8 Å². The normalized spacial score (nSPS) is 10.3. The van der Waals surface area contributed by atoms with Crippen molar-refractivity contribution in [1.29, 1.82) is 0 Å². The molecular formula is C20H17ClN2OS. The van der Waals surface area contributed by atoms with Crippen LogP contribution in [0.3, 0.4) is 0 Å². The first kappa shape index (κ1) is 17.4. The van der Waals surface area contributed by atoms with Gasteiger partial charge in [-0.3, -0.25) is 4.79 Å². The van der Waals surface area contributed by atoms with E-state index in [1.807, 2.05) is 66.9 Å². The number of hydrogen-bond donors (Lipinski definition) is 2. The minimum absolute atomic E-state index is 0.218. The molecule has 0 bridgehead atoms. The lowest BCUT2D eigenvalue weighted by atomic mass is 10.2. The molecule has 3 aromatic rings. The molecule has 5 heteroatoms. The molecule has 0 aliphatic heterocycles. The molecular weight excluding hydrogens is 352 g/mol. The van der Waals surface area contributed by atoms with Gasteiger partial charge in [0, 0.05) is 22.0 Å². The maximum Gasteiger partial charge on any atom is 0.257 e. The highest BCUT2D eigenvalue weighted by Crippen LogP contribution is 2.24. The first-order valence-electron chi connectivity index (χ1n) is 7.73. The van der Waals surface area contributed by atoms with Crippen molar-refractivity contribution in [3.05, 3.63) is 83.4 Å². The third-order valence-corrected chi connectivity index (χ3v) is 4.68. The summed E-state index contributed by atoms with van der Waals surface area (Å²) < 4.78 is 0. The van der Waals surface area contributed by atoms with Gasteiger partial charge in [0.05, 0.1) is 10.6 Å². The summed E-state index contributed by atoms with van der Waals surface area (Å²) in [6.07, 6.45) is 1.96. The van der Waals surface area contributed by atoms with E-state index in [-0.39, 0.29) is 5.91 Å². The standard InChI is InChI=1S/C20H17ClN2OS/c1-25-17-11-12-19(21)18(13-17)20(24)23-16-9-7-15(8-10-16)22-14-5-3-2-4-6-14/h2-13,22H,1H3,(H,23,24). The number of carbonyl (C=O) groups is 1. The number of halogens is 1. The summed E-state index contributed by atoms with van der Waals surface area (Å²) >= 11 is 7.72. The van der Waals surface area contributed by atoms with Crippen LogP contribution in [-0.4, -0.2) is 12.2 Å². The first-order valence-corrected chi connectivity index (χ1v) is 9.33. The van der Waals surface area contributed by atoms with Gasteiger partial charge in [-0.25, -0.2) is 0 Å². The van der Waals surface area contributed by atoms with E-state index in [2.05, 4.69) is 10.6 Å². The van der Waals surface area contributed by atoms with E-state index in [9.17, 15) is 4.79 Å². The summed E-state index contributed by atoms with van der Waals surface area (Å²) in [5, 5.41) is 6.63. The lowest BCUT2D eigenvalue weighted by molar-refractivity contribution is 0.102. The predicted octanol–water partition coefficient (Wildman–Crippen LogP) is 6.06. The van der Waals surface area contributed by atoms with E-state index in [0.29, 0.717) is 16.3 Å². The van der Waals surface area contributed by atoms with Gasteiger partial charge in [0.2, 0.25) is 0 Å². The van der Waals surface area contributed by atoms with E-state index < -0.39 is 0 Å². The van der Waals surface area contributed by atoms with Gasteiger partial charge in [0.1, 0.15) is 0 Å². The van der Waals surface area contributed by atoms with Crippen LogP contribution in [0.15, 0.2) is 77.7 Å². The van der Waals surface area contributed by atoms with Gasteiger partial charge < -0.3 is 10.6 Å². The average Bonchev–Trinajstić information content (AvgIpc) is 2.64. The SMILES string of the molecule is CSc1ccc(Cl)c(C(=O)Nc2ccc(Nc3ccccc3)cc2)c1. The van der Waals surface area contributed by atoms with Gasteiger partial charge in [0.25, 0.3) is 5.91 Å². The largest absolute Gasteiger partial charge is 0.356 e. The summed E-state index contributed by atoms with van der Waals surface area (Å²) in [6.45, 7) is 0. The van der Waals surface area contributed by atoms with Crippen LogP contribution in [0.2, 0.25) is 5.02 Å². The molecule has 0 aliphatic rings. The Morgan fingerprint density at radius 1 is 0.880 bits per heavy atom. The van der Waals surface area contributed by atoms with Crippen LogP contribution in [0.1, 0.15) is 10.4 Å². The number of anilines is 3. The number of carbonyl (C=O) groups excluding carboxylic acids is 1. The molecule has 0 aliphatic carbocycles. The van der Waals surface area contributed by atoms with Crippen molar-refractivity contribution >= 4 is 46.3 Å². The second-order valence-electron chi connectivity index (χ2n) is 5.37. The highest BCUT2D eigenvalue weighted by molar-refractivity contribution is 7.98. The first-order chi connectivity index (χ1) is 12.2. The van der Waals surface area contributed by atoms with E-state index in [1.165, 1.54) is 0 Å². The van der Waals surface area contributed by atoms with Crippen molar-refractivity contribution in [2.75, 3.05) is 16.9 Å². The number of amides is 1. The molecule has 25 heavy (non-hydrogen) atoms. The lowest BCUT2D eigenvalue weighted by Crippen LogP contribution is -2.12. The van der Waals surface area contributed by atoms with Gasteiger partial charge >= 0.3 is 0 Å². The smallest absolute Gasteiger partial charge is 0.257 e. The number of nitrogens with one attached hydrogen (secondary N) is 2. The van der Waals surface area contributed by atoms with Crippen molar-refractivity contribution < 1.29 is 4.79 Å². The van der Waals surface area contributed by atoms with Crippen LogP contribution >= 0.6 is 23.4 Å². The Morgan fingerprint density at radius 2 is 1.52 bits per heavy atom. The molecule has 0 aromatic heterocycles. The van der Waals surface area contributed by atoms with Crippen molar-refractivity contribution in [3.63, 3.8) is 0 Å². The van der Waals surface area contributed by atoms with Gasteiger partial charge in [-0.05, 0) is 60.9 Å². The second-order valence-corrected chi connectivity index (χ2v) is 6.66. The Morgan fingerprint density at radius 3 is 2.20 bits per heavy atom. The molecule has 3 aromatic carbocycles. The Hall–Kier alpha value is -2.43. The molecule has 1 amide bonds. The monoisotopic (exact) mass is 368 g/mol. The van der Waals surface area contributed by atoms with Crippen molar-refractivity contribution in [2.45, 2.75) is 4.90 Å². The van der Waals surface area contributed by atoms with Crippen molar-refractivity contribution in [3.8, 4) is 0 Å². The van der Waals surface area contributed by atoms with Gasteiger partial charge in [0.15, 0.2) is 0 Å². The highest BCUT2D eigenvalue weighted by atomic mass is 35.5. The lowest BCUT2D eigenvalue weighted by Gasteiger charge is -2.10. The maximum absolute atomic E-state index is 12.5. The van der Waals surface area contributed by atoms with Crippen LogP contribution in [0.25, 0.3) is 0 Å². The van der Waals surface area contributed by atoms with Crippen molar-refractivity contribution in [2.24, 2.45) is 0 Å². The Bertz CT molecular complexity index is 867. The summed E-state index contributed by atoms with van der Waals surface area (Å²) in [5.41, 5.74) is 3.15. The predicted molar refractivity (Wildman–Crippen MR) is 107 cm³/mol. The minimum atomic E-state index is -0.218. The Kier molecular flexibility index (Phi) is 5.64. The molecule has 0 unspecified atom stereocenters. The third kappa shape index (κ3) is 4.56. The Balaban J connectivity index is 1.70.